The molecule has 1 aromatic heterocycles. The van der Waals surface area contributed by atoms with Gasteiger partial charge in [0.2, 0.25) is 5.91 Å². The molecule has 0 radical (unpaired) electrons. The summed E-state index contributed by atoms with van der Waals surface area (Å²) < 4.78 is 5.34. The number of hydrogen-bond acceptors (Lipinski definition) is 6. The van der Waals surface area contributed by atoms with Crippen molar-refractivity contribution in [2.24, 2.45) is 5.92 Å². The van der Waals surface area contributed by atoms with Crippen LogP contribution in [-0.2, 0) is 10.3 Å². The number of aliphatic hydroxyl groups is 2. The molecule has 156 valence electrons. The highest BCUT2D eigenvalue weighted by Crippen LogP contribution is 2.48. The molecule has 1 aliphatic heterocycles. The molecular weight excluding hydrogens is 370 g/mol. The molecule has 29 heavy (non-hydrogen) atoms. The van der Waals surface area contributed by atoms with E-state index in [1.54, 1.807) is 0 Å². The molecule has 2 heterocycles. The maximum atomic E-state index is 13.3. The molecule has 1 aliphatic carbocycles. The van der Waals surface area contributed by atoms with Crippen molar-refractivity contribution in [3.8, 4) is 11.1 Å². The van der Waals surface area contributed by atoms with Crippen molar-refractivity contribution in [3.05, 3.63) is 35.2 Å². The summed E-state index contributed by atoms with van der Waals surface area (Å²) in [6.45, 7) is 4.99. The van der Waals surface area contributed by atoms with Gasteiger partial charge in [-0.2, -0.15) is 0 Å². The van der Waals surface area contributed by atoms with Crippen LogP contribution in [0.4, 0.5) is 5.69 Å². The van der Waals surface area contributed by atoms with Crippen molar-refractivity contribution < 1.29 is 19.5 Å². The number of fused-ring (bicyclic) bond motifs is 1. The van der Waals surface area contributed by atoms with Gasteiger partial charge in [0.1, 0.15) is 11.3 Å². The summed E-state index contributed by atoms with van der Waals surface area (Å²) in [5.74, 6) is -1.22. The smallest absolute Gasteiger partial charge is 0.249 e. The summed E-state index contributed by atoms with van der Waals surface area (Å²) in [4.78, 5) is 13.3. The summed E-state index contributed by atoms with van der Waals surface area (Å²) in [6, 6.07) is 5.90. The minimum atomic E-state index is -1.91. The standard InChI is InChI=1S/C22H29N3O4/c1-13-19(14(2)29-25-13)15-9-10-18-17(11-15)22(20(26)24-18,23-12-21(3,27)28)16-7-5-4-6-8-16/h9-11,16,23,27-28H,4-8,12H2,1-3H3,(H,24,26). The number of benzene rings is 1. The lowest BCUT2D eigenvalue weighted by Gasteiger charge is -2.40. The van der Waals surface area contributed by atoms with Crippen LogP contribution >= 0.6 is 0 Å². The highest BCUT2D eigenvalue weighted by Gasteiger charge is 2.52. The van der Waals surface area contributed by atoms with Crippen LogP contribution in [0.15, 0.2) is 22.7 Å². The Hall–Kier alpha value is -2.22. The van der Waals surface area contributed by atoms with Crippen LogP contribution in [0.1, 0.15) is 56.0 Å². The van der Waals surface area contributed by atoms with Gasteiger partial charge < -0.3 is 20.1 Å². The van der Waals surface area contributed by atoms with Gasteiger partial charge >= 0.3 is 0 Å². The van der Waals surface area contributed by atoms with E-state index in [4.69, 9.17) is 4.52 Å². The van der Waals surface area contributed by atoms with Crippen LogP contribution < -0.4 is 10.6 Å². The lowest BCUT2D eigenvalue weighted by atomic mass is 9.71. The number of nitrogens with one attached hydrogen (secondary N) is 2. The van der Waals surface area contributed by atoms with Gasteiger partial charge in [0.05, 0.1) is 12.2 Å². The molecule has 0 bridgehead atoms. The van der Waals surface area contributed by atoms with Gasteiger partial charge in [0, 0.05) is 16.8 Å². The molecule has 2 aromatic rings. The van der Waals surface area contributed by atoms with Gasteiger partial charge in [0.25, 0.3) is 0 Å². The van der Waals surface area contributed by atoms with Crippen LogP contribution in [0.3, 0.4) is 0 Å². The van der Waals surface area contributed by atoms with Gasteiger partial charge in [-0.3, -0.25) is 10.1 Å². The van der Waals surface area contributed by atoms with Gasteiger partial charge in [-0.25, -0.2) is 0 Å². The Balaban J connectivity index is 1.84. The number of carbonyl (C=O) groups is 1. The Labute approximate surface area is 170 Å². The Morgan fingerprint density at radius 1 is 1.28 bits per heavy atom. The van der Waals surface area contributed by atoms with Gasteiger partial charge in [-0.15, -0.1) is 0 Å². The topological polar surface area (TPSA) is 108 Å². The second-order valence-electron chi connectivity index (χ2n) is 8.63. The molecule has 0 saturated heterocycles. The first-order valence-electron chi connectivity index (χ1n) is 10.3. The van der Waals surface area contributed by atoms with E-state index in [9.17, 15) is 15.0 Å². The molecule has 7 heteroatoms. The van der Waals surface area contributed by atoms with Crippen LogP contribution in [-0.4, -0.2) is 33.6 Å². The molecule has 4 rings (SSSR count). The largest absolute Gasteiger partial charge is 0.365 e. The van der Waals surface area contributed by atoms with E-state index < -0.39 is 11.3 Å². The Morgan fingerprint density at radius 2 is 2.00 bits per heavy atom. The zero-order valence-corrected chi connectivity index (χ0v) is 17.2. The first kappa shape index (κ1) is 20.1. The molecule has 1 aromatic carbocycles. The second kappa shape index (κ2) is 7.23. The lowest BCUT2D eigenvalue weighted by molar-refractivity contribution is -0.148. The number of anilines is 1. The zero-order chi connectivity index (χ0) is 20.8. The van der Waals surface area contributed by atoms with E-state index in [0.717, 1.165) is 65.9 Å². The van der Waals surface area contributed by atoms with E-state index >= 15 is 0 Å². The van der Waals surface area contributed by atoms with Gasteiger partial charge in [0.15, 0.2) is 5.79 Å². The molecule has 2 aliphatic rings. The molecule has 1 unspecified atom stereocenters. The van der Waals surface area contributed by atoms with Crippen LogP contribution in [0.25, 0.3) is 11.1 Å². The first-order valence-corrected chi connectivity index (χ1v) is 10.3. The fourth-order valence-corrected chi connectivity index (χ4v) is 4.94. The summed E-state index contributed by atoms with van der Waals surface area (Å²) >= 11 is 0. The molecule has 4 N–H and O–H groups in total. The summed E-state index contributed by atoms with van der Waals surface area (Å²) in [7, 11) is 0. The zero-order valence-electron chi connectivity index (χ0n) is 17.2. The van der Waals surface area contributed by atoms with Crippen molar-refractivity contribution in [1.29, 1.82) is 0 Å². The average molecular weight is 399 g/mol. The predicted molar refractivity (Wildman–Crippen MR) is 109 cm³/mol. The van der Waals surface area contributed by atoms with Gasteiger partial charge in [-0.05, 0) is 57.2 Å². The Kier molecular flexibility index (Phi) is 5.01. The normalized spacial score (nSPS) is 22.6. The minimum Gasteiger partial charge on any atom is -0.365 e. The highest BCUT2D eigenvalue weighted by molar-refractivity contribution is 6.06. The molecule has 7 nitrogen and oxygen atoms in total. The maximum absolute atomic E-state index is 13.3. The number of nitrogens with zero attached hydrogens (tertiary/aromatic N) is 1. The fourth-order valence-electron chi connectivity index (χ4n) is 4.94. The predicted octanol–water partition coefficient (Wildman–Crippen LogP) is 2.98. The first-order chi connectivity index (χ1) is 13.7. The number of aryl methyl sites for hydroxylation is 2. The van der Waals surface area contributed by atoms with Crippen molar-refractivity contribution in [1.82, 2.24) is 10.5 Å². The number of carbonyl (C=O) groups excluding carboxylic acids is 1. The summed E-state index contributed by atoms with van der Waals surface area (Å²) in [5.41, 5.74) is 3.30. The van der Waals surface area contributed by atoms with Gasteiger partial charge in [-0.1, -0.05) is 30.5 Å². The lowest BCUT2D eigenvalue weighted by Crippen LogP contribution is -2.57. The van der Waals surface area contributed by atoms with E-state index in [2.05, 4.69) is 15.8 Å². The average Bonchev–Trinajstić information content (AvgIpc) is 3.16. The summed E-state index contributed by atoms with van der Waals surface area (Å²) in [5, 5.41) is 30.2. The third kappa shape index (κ3) is 3.47. The second-order valence-corrected chi connectivity index (χ2v) is 8.63. The molecule has 0 spiro atoms. The van der Waals surface area contributed by atoms with E-state index in [1.807, 2.05) is 32.0 Å². The molecule has 1 saturated carbocycles. The number of aromatic nitrogens is 1. The Bertz CT molecular complexity index is 905. The van der Waals surface area contributed by atoms with Crippen LogP contribution in [0.5, 0.6) is 0 Å². The Morgan fingerprint density at radius 3 is 2.62 bits per heavy atom. The third-order valence-corrected chi connectivity index (χ3v) is 6.29. The quantitative estimate of drug-likeness (QED) is 0.576. The van der Waals surface area contributed by atoms with E-state index in [1.165, 1.54) is 6.92 Å². The van der Waals surface area contributed by atoms with E-state index in [-0.39, 0.29) is 18.4 Å². The fraction of sp³-hybridized carbons (Fsp3) is 0.545. The van der Waals surface area contributed by atoms with Crippen molar-refractivity contribution in [3.63, 3.8) is 0 Å². The SMILES string of the molecule is Cc1noc(C)c1-c1ccc2c(c1)C(NCC(C)(O)O)(C1CCCCC1)C(=O)N2. The molecule has 1 fully saturated rings. The van der Waals surface area contributed by atoms with Crippen LogP contribution in [0, 0.1) is 19.8 Å². The number of hydrogen-bond donors (Lipinski definition) is 4. The third-order valence-electron chi connectivity index (χ3n) is 6.29. The number of amides is 1. The van der Waals surface area contributed by atoms with E-state index in [0.29, 0.717) is 0 Å². The van der Waals surface area contributed by atoms with Crippen molar-refractivity contribution in [2.75, 3.05) is 11.9 Å². The maximum Gasteiger partial charge on any atom is 0.249 e. The minimum absolute atomic E-state index is 0.0831. The van der Waals surface area contributed by atoms with Crippen molar-refractivity contribution >= 4 is 11.6 Å². The summed E-state index contributed by atoms with van der Waals surface area (Å²) in [6.07, 6.45) is 5.13. The molecule has 1 atom stereocenters. The monoisotopic (exact) mass is 399 g/mol. The molecular formula is C22H29N3O4. The van der Waals surface area contributed by atoms with Crippen molar-refractivity contribution in [2.45, 2.75) is 64.2 Å². The number of rotatable bonds is 5. The van der Waals surface area contributed by atoms with Crippen LogP contribution in [0.2, 0.25) is 0 Å². The molecule has 1 amide bonds. The highest BCUT2D eigenvalue weighted by atomic mass is 16.5.